The Bertz CT molecular complexity index is 4040. The minimum atomic E-state index is 0.895. The fourth-order valence-corrected chi connectivity index (χ4v) is 11.5. The van der Waals surface area contributed by atoms with E-state index in [1.807, 2.05) is 0 Å². The average Bonchev–Trinajstić information content (AvgIpc) is 3.93. The van der Waals surface area contributed by atoms with Crippen LogP contribution < -0.4 is 0 Å². The zero-order chi connectivity index (χ0) is 43.3. The largest absolute Gasteiger partial charge is 0.456 e. The Morgan fingerprint density at radius 3 is 1.55 bits per heavy atom. The normalized spacial score (nSPS) is 12.7. The number of para-hydroxylation sites is 2. The van der Waals surface area contributed by atoms with Crippen molar-refractivity contribution in [3.05, 3.63) is 230 Å². The summed E-state index contributed by atoms with van der Waals surface area (Å²) in [6, 6.07) is 77.8. The van der Waals surface area contributed by atoms with Gasteiger partial charge < -0.3 is 8.98 Å². The molecule has 0 unspecified atom stereocenters. The highest BCUT2D eigenvalue weighted by Crippen LogP contribution is 2.49. The first-order valence-corrected chi connectivity index (χ1v) is 23.1. The number of hydrogen-bond donors (Lipinski definition) is 0. The van der Waals surface area contributed by atoms with Crippen molar-refractivity contribution in [1.29, 1.82) is 0 Å². The Hall–Kier alpha value is -8.46. The van der Waals surface area contributed by atoms with Gasteiger partial charge in [-0.15, -0.1) is 0 Å². The molecule has 2 nitrogen and oxygen atoms in total. The summed E-state index contributed by atoms with van der Waals surface area (Å²) < 4.78 is 9.31. The predicted molar refractivity (Wildman–Crippen MR) is 280 cm³/mol. The van der Waals surface area contributed by atoms with E-state index in [-0.39, 0.29) is 0 Å². The molecule has 11 aromatic carbocycles. The third kappa shape index (κ3) is 5.42. The third-order valence-corrected chi connectivity index (χ3v) is 14.3. The van der Waals surface area contributed by atoms with Gasteiger partial charge in [0, 0.05) is 27.2 Å². The Kier molecular flexibility index (Phi) is 8.14. The fourth-order valence-electron chi connectivity index (χ4n) is 11.5. The molecule has 2 heterocycles. The van der Waals surface area contributed by atoms with Crippen LogP contribution in [0.5, 0.6) is 0 Å². The molecule has 0 N–H and O–H groups in total. The van der Waals surface area contributed by atoms with Crippen molar-refractivity contribution < 1.29 is 4.42 Å². The molecule has 0 spiro atoms. The molecule has 1 aliphatic carbocycles. The second kappa shape index (κ2) is 14.5. The SMILES string of the molecule is C1=Cc2c(c(-c3ccc4c(c3)oc3cccc(-c5c6ccccc6c(-c6ccc(-n7c8ccccc8c8ccccc87)cc6)c6ccccc56)c34)c3ccccc3c2-c2ccccc2)CC1. The number of furan rings is 1. The van der Waals surface area contributed by atoms with Gasteiger partial charge in [0.25, 0.3) is 0 Å². The van der Waals surface area contributed by atoms with Gasteiger partial charge in [-0.05, 0) is 143 Å². The summed E-state index contributed by atoms with van der Waals surface area (Å²) in [5.74, 6) is 0. The van der Waals surface area contributed by atoms with Crippen molar-refractivity contribution in [3.63, 3.8) is 0 Å². The minimum absolute atomic E-state index is 0.895. The van der Waals surface area contributed by atoms with Crippen molar-refractivity contribution in [3.8, 4) is 50.2 Å². The summed E-state index contributed by atoms with van der Waals surface area (Å²) in [6.07, 6.45) is 6.71. The van der Waals surface area contributed by atoms with Gasteiger partial charge in [0.1, 0.15) is 11.2 Å². The van der Waals surface area contributed by atoms with Crippen LogP contribution in [-0.2, 0) is 6.42 Å². The zero-order valence-electron chi connectivity index (χ0n) is 36.1. The molecule has 1 aliphatic rings. The van der Waals surface area contributed by atoms with Gasteiger partial charge in [0.05, 0.1) is 11.0 Å². The number of allylic oxidation sites excluding steroid dienone is 1. The van der Waals surface area contributed by atoms with Crippen molar-refractivity contribution in [2.24, 2.45) is 0 Å². The van der Waals surface area contributed by atoms with Gasteiger partial charge in [-0.3, -0.25) is 0 Å². The predicted octanol–water partition coefficient (Wildman–Crippen LogP) is 17.8. The summed E-state index contributed by atoms with van der Waals surface area (Å²) >= 11 is 0. The van der Waals surface area contributed by atoms with Crippen LogP contribution in [0.1, 0.15) is 17.5 Å². The van der Waals surface area contributed by atoms with E-state index < -0.39 is 0 Å². The molecule has 2 aromatic heterocycles. The van der Waals surface area contributed by atoms with Crippen molar-refractivity contribution >= 4 is 82.1 Å². The number of hydrogen-bond acceptors (Lipinski definition) is 1. The topological polar surface area (TPSA) is 18.1 Å². The lowest BCUT2D eigenvalue weighted by Crippen LogP contribution is -2.02. The monoisotopic (exact) mass is 839 g/mol. The zero-order valence-corrected chi connectivity index (χ0v) is 36.1. The highest BCUT2D eigenvalue weighted by atomic mass is 16.3. The van der Waals surface area contributed by atoms with Gasteiger partial charge in [-0.1, -0.05) is 182 Å². The second-order valence-corrected chi connectivity index (χ2v) is 17.7. The van der Waals surface area contributed by atoms with Gasteiger partial charge >= 0.3 is 0 Å². The van der Waals surface area contributed by atoms with Crippen LogP contribution in [0.3, 0.4) is 0 Å². The molecule has 14 rings (SSSR count). The lowest BCUT2D eigenvalue weighted by atomic mass is 9.80. The molecule has 66 heavy (non-hydrogen) atoms. The van der Waals surface area contributed by atoms with E-state index in [0.717, 1.165) is 40.5 Å². The molecule has 0 saturated heterocycles. The van der Waals surface area contributed by atoms with E-state index in [0.29, 0.717) is 0 Å². The summed E-state index contributed by atoms with van der Waals surface area (Å²) in [5.41, 5.74) is 18.0. The highest BCUT2D eigenvalue weighted by molar-refractivity contribution is 6.26. The van der Waals surface area contributed by atoms with Crippen molar-refractivity contribution in [2.75, 3.05) is 0 Å². The smallest absolute Gasteiger partial charge is 0.136 e. The molecule has 0 bridgehead atoms. The number of rotatable bonds is 5. The number of fused-ring (bicyclic) bond motifs is 10. The minimum Gasteiger partial charge on any atom is -0.456 e. The van der Waals surface area contributed by atoms with Crippen LogP contribution in [0.25, 0.3) is 132 Å². The molecular weight excluding hydrogens is 799 g/mol. The van der Waals surface area contributed by atoms with E-state index in [1.165, 1.54) is 110 Å². The first kappa shape index (κ1) is 37.0. The summed E-state index contributed by atoms with van der Waals surface area (Å²) in [6.45, 7) is 0. The number of benzene rings is 11. The van der Waals surface area contributed by atoms with Crippen LogP contribution in [0.2, 0.25) is 0 Å². The number of nitrogens with zero attached hydrogens (tertiary/aromatic N) is 1. The maximum atomic E-state index is 6.92. The van der Waals surface area contributed by atoms with E-state index in [4.69, 9.17) is 4.42 Å². The van der Waals surface area contributed by atoms with Gasteiger partial charge in [-0.2, -0.15) is 0 Å². The molecule has 2 heteroatoms. The molecule has 0 amide bonds. The quantitative estimate of drug-likeness (QED) is 0.158. The second-order valence-electron chi connectivity index (χ2n) is 17.7. The van der Waals surface area contributed by atoms with E-state index in [2.05, 4.69) is 229 Å². The van der Waals surface area contributed by atoms with Crippen LogP contribution in [0.15, 0.2) is 223 Å². The maximum absolute atomic E-state index is 6.92. The van der Waals surface area contributed by atoms with Crippen molar-refractivity contribution in [2.45, 2.75) is 12.8 Å². The number of aromatic nitrogens is 1. The standard InChI is InChI=1S/C64H41NO/c1-2-17-40(18-3-1)60-46-21-4-6-23-48(46)62(49-24-7-5-22-47(49)60)42-35-38-54-59(39-42)66-58-32-16-29-55(64(54)58)63-52-27-10-8-25-50(52)61(51-26-9-11-28-53(51)63)41-33-36-43(37-34-41)65-56-30-14-12-19-44(56)45-20-13-15-31-57(45)65/h1-6,8-23,25-39H,7,24H2. The van der Waals surface area contributed by atoms with Gasteiger partial charge in [0.15, 0.2) is 0 Å². The Balaban J connectivity index is 0.948. The van der Waals surface area contributed by atoms with Crippen molar-refractivity contribution in [1.82, 2.24) is 4.57 Å². The Morgan fingerprint density at radius 2 is 0.894 bits per heavy atom. The molecular formula is C64H41NO. The lowest BCUT2D eigenvalue weighted by Gasteiger charge is -2.23. The van der Waals surface area contributed by atoms with Crippen LogP contribution in [-0.4, -0.2) is 4.57 Å². The molecule has 0 aliphatic heterocycles. The summed E-state index contributed by atoms with van der Waals surface area (Å²) in [5, 5.41) is 12.3. The van der Waals surface area contributed by atoms with Crippen LogP contribution in [0.4, 0.5) is 0 Å². The molecule has 0 fully saturated rings. The Morgan fingerprint density at radius 1 is 0.364 bits per heavy atom. The molecule has 0 atom stereocenters. The molecule has 0 radical (unpaired) electrons. The first-order chi connectivity index (χ1) is 32.8. The highest BCUT2D eigenvalue weighted by Gasteiger charge is 2.24. The van der Waals surface area contributed by atoms with E-state index in [9.17, 15) is 0 Å². The fraction of sp³-hybridized carbons (Fsp3) is 0.0312. The van der Waals surface area contributed by atoms with Crippen LogP contribution >= 0.6 is 0 Å². The van der Waals surface area contributed by atoms with Gasteiger partial charge in [0.2, 0.25) is 0 Å². The Labute approximate surface area is 381 Å². The summed E-state index contributed by atoms with van der Waals surface area (Å²) in [4.78, 5) is 0. The van der Waals surface area contributed by atoms with Gasteiger partial charge in [-0.25, -0.2) is 0 Å². The van der Waals surface area contributed by atoms with Crippen LogP contribution in [0, 0.1) is 0 Å². The molecule has 13 aromatic rings. The third-order valence-electron chi connectivity index (χ3n) is 14.3. The molecule has 0 saturated carbocycles. The van der Waals surface area contributed by atoms with E-state index in [1.54, 1.807) is 0 Å². The molecule has 308 valence electrons. The lowest BCUT2D eigenvalue weighted by molar-refractivity contribution is 0.669. The maximum Gasteiger partial charge on any atom is 0.136 e. The average molecular weight is 840 g/mol. The summed E-state index contributed by atoms with van der Waals surface area (Å²) in [7, 11) is 0. The first-order valence-electron chi connectivity index (χ1n) is 23.1. The van der Waals surface area contributed by atoms with E-state index >= 15 is 0 Å².